The Morgan fingerprint density at radius 2 is 1.92 bits per heavy atom. The number of carbonyl (C=O) groups excluding carboxylic acids is 1. The summed E-state index contributed by atoms with van der Waals surface area (Å²) in [6.07, 6.45) is 0. The maximum absolute atomic E-state index is 11.2. The highest BCUT2D eigenvalue weighted by Crippen LogP contribution is 1.90. The van der Waals surface area contributed by atoms with Crippen molar-refractivity contribution in [2.45, 2.75) is 32.9 Å². The summed E-state index contributed by atoms with van der Waals surface area (Å²) in [4.78, 5) is 11.2. The predicted octanol–water partition coefficient (Wildman–Crippen LogP) is 0.562. The first kappa shape index (κ1) is 12.4. The van der Waals surface area contributed by atoms with Gasteiger partial charge in [0.15, 0.2) is 0 Å². The van der Waals surface area contributed by atoms with E-state index < -0.39 is 0 Å². The first-order valence-corrected chi connectivity index (χ1v) is 4.49. The van der Waals surface area contributed by atoms with Crippen molar-refractivity contribution in [1.82, 2.24) is 5.32 Å². The van der Waals surface area contributed by atoms with Crippen molar-refractivity contribution in [3.05, 3.63) is 0 Å². The maximum atomic E-state index is 11.2. The SMILES string of the molecule is COCCOC(=O)C(C)NC(C)C. The molecule has 1 atom stereocenters. The Morgan fingerprint density at radius 1 is 1.31 bits per heavy atom. The molecule has 0 bridgehead atoms. The highest BCUT2D eigenvalue weighted by molar-refractivity contribution is 5.75. The quantitative estimate of drug-likeness (QED) is 0.490. The van der Waals surface area contributed by atoms with Gasteiger partial charge in [-0.3, -0.25) is 4.79 Å². The summed E-state index contributed by atoms with van der Waals surface area (Å²) < 4.78 is 9.67. The zero-order valence-corrected chi connectivity index (χ0v) is 8.79. The Bertz CT molecular complexity index is 148. The van der Waals surface area contributed by atoms with Crippen LogP contribution < -0.4 is 5.32 Å². The average molecular weight is 189 g/mol. The summed E-state index contributed by atoms with van der Waals surface area (Å²) >= 11 is 0. The largest absolute Gasteiger partial charge is 0.462 e. The minimum Gasteiger partial charge on any atom is -0.462 e. The Hall–Kier alpha value is -0.610. The van der Waals surface area contributed by atoms with Crippen LogP contribution in [-0.2, 0) is 14.3 Å². The molecule has 1 N–H and O–H groups in total. The fourth-order valence-electron chi connectivity index (χ4n) is 0.919. The maximum Gasteiger partial charge on any atom is 0.322 e. The minimum absolute atomic E-state index is 0.231. The first-order chi connectivity index (χ1) is 6.07. The number of nitrogens with one attached hydrogen (secondary N) is 1. The zero-order valence-electron chi connectivity index (χ0n) is 8.79. The van der Waals surface area contributed by atoms with Gasteiger partial charge in [-0.05, 0) is 6.92 Å². The van der Waals surface area contributed by atoms with E-state index in [0.29, 0.717) is 13.2 Å². The molecule has 0 heterocycles. The summed E-state index contributed by atoms with van der Waals surface area (Å²) in [6.45, 7) is 6.52. The van der Waals surface area contributed by atoms with Crippen molar-refractivity contribution in [2.75, 3.05) is 20.3 Å². The molecule has 0 amide bonds. The van der Waals surface area contributed by atoms with Gasteiger partial charge < -0.3 is 14.8 Å². The van der Waals surface area contributed by atoms with E-state index in [-0.39, 0.29) is 18.1 Å². The van der Waals surface area contributed by atoms with Crippen LogP contribution in [0.1, 0.15) is 20.8 Å². The lowest BCUT2D eigenvalue weighted by Crippen LogP contribution is -2.39. The molecule has 0 aliphatic heterocycles. The Balaban J connectivity index is 3.57. The number of esters is 1. The van der Waals surface area contributed by atoms with Gasteiger partial charge in [0, 0.05) is 13.2 Å². The van der Waals surface area contributed by atoms with Crippen molar-refractivity contribution in [2.24, 2.45) is 0 Å². The predicted molar refractivity (Wildman–Crippen MR) is 50.6 cm³/mol. The highest BCUT2D eigenvalue weighted by atomic mass is 16.6. The molecule has 0 saturated heterocycles. The van der Waals surface area contributed by atoms with E-state index in [1.807, 2.05) is 13.8 Å². The summed E-state index contributed by atoms with van der Waals surface area (Å²) in [7, 11) is 1.57. The molecular formula is C9H19NO3. The summed E-state index contributed by atoms with van der Waals surface area (Å²) in [5.74, 6) is -0.231. The van der Waals surface area contributed by atoms with E-state index in [1.54, 1.807) is 14.0 Å². The molecule has 0 aromatic heterocycles. The summed E-state index contributed by atoms with van der Waals surface area (Å²) in [5, 5.41) is 3.05. The van der Waals surface area contributed by atoms with E-state index in [2.05, 4.69) is 5.32 Å². The van der Waals surface area contributed by atoms with Gasteiger partial charge in [-0.2, -0.15) is 0 Å². The topological polar surface area (TPSA) is 47.6 Å². The number of hydrogen-bond donors (Lipinski definition) is 1. The lowest BCUT2D eigenvalue weighted by Gasteiger charge is -2.15. The lowest BCUT2D eigenvalue weighted by molar-refractivity contribution is -0.147. The van der Waals surface area contributed by atoms with Gasteiger partial charge in [0.25, 0.3) is 0 Å². The molecule has 4 heteroatoms. The third-order valence-electron chi connectivity index (χ3n) is 1.47. The van der Waals surface area contributed by atoms with Crippen LogP contribution in [0.25, 0.3) is 0 Å². The second-order valence-electron chi connectivity index (χ2n) is 3.20. The van der Waals surface area contributed by atoms with Crippen LogP contribution in [0.5, 0.6) is 0 Å². The van der Waals surface area contributed by atoms with Gasteiger partial charge in [-0.15, -0.1) is 0 Å². The molecule has 4 nitrogen and oxygen atoms in total. The van der Waals surface area contributed by atoms with E-state index in [0.717, 1.165) is 0 Å². The Labute approximate surface area is 79.6 Å². The van der Waals surface area contributed by atoms with Crippen LogP contribution in [0, 0.1) is 0 Å². The van der Waals surface area contributed by atoms with E-state index >= 15 is 0 Å². The van der Waals surface area contributed by atoms with Gasteiger partial charge in [-0.1, -0.05) is 13.8 Å². The number of carbonyl (C=O) groups is 1. The average Bonchev–Trinajstić information content (AvgIpc) is 2.03. The third-order valence-corrected chi connectivity index (χ3v) is 1.47. The molecule has 0 aromatic rings. The number of methoxy groups -OCH3 is 1. The van der Waals surface area contributed by atoms with Gasteiger partial charge in [0.1, 0.15) is 12.6 Å². The zero-order chi connectivity index (χ0) is 10.3. The van der Waals surface area contributed by atoms with Gasteiger partial charge >= 0.3 is 5.97 Å². The first-order valence-electron chi connectivity index (χ1n) is 4.49. The highest BCUT2D eigenvalue weighted by Gasteiger charge is 2.14. The smallest absolute Gasteiger partial charge is 0.322 e. The number of hydrogen-bond acceptors (Lipinski definition) is 4. The fourth-order valence-corrected chi connectivity index (χ4v) is 0.919. The molecule has 0 fully saturated rings. The second kappa shape index (κ2) is 6.86. The van der Waals surface area contributed by atoms with Crippen LogP contribution in [0.4, 0.5) is 0 Å². The molecule has 0 aliphatic carbocycles. The number of ether oxygens (including phenoxy) is 2. The normalized spacial score (nSPS) is 13.0. The third kappa shape index (κ3) is 6.54. The summed E-state index contributed by atoms with van der Waals surface area (Å²) in [5.41, 5.74) is 0. The van der Waals surface area contributed by atoms with Crippen LogP contribution in [0.15, 0.2) is 0 Å². The Kier molecular flexibility index (Phi) is 6.54. The Morgan fingerprint density at radius 3 is 2.38 bits per heavy atom. The second-order valence-corrected chi connectivity index (χ2v) is 3.20. The van der Waals surface area contributed by atoms with E-state index in [4.69, 9.17) is 9.47 Å². The van der Waals surface area contributed by atoms with Crippen molar-refractivity contribution < 1.29 is 14.3 Å². The van der Waals surface area contributed by atoms with Crippen LogP contribution in [0.3, 0.4) is 0 Å². The van der Waals surface area contributed by atoms with Gasteiger partial charge in [-0.25, -0.2) is 0 Å². The van der Waals surface area contributed by atoms with Crippen molar-refractivity contribution in [1.29, 1.82) is 0 Å². The standard InChI is InChI=1S/C9H19NO3/c1-7(2)10-8(3)9(11)13-6-5-12-4/h7-8,10H,5-6H2,1-4H3. The van der Waals surface area contributed by atoms with Crippen molar-refractivity contribution >= 4 is 5.97 Å². The van der Waals surface area contributed by atoms with Crippen LogP contribution in [0.2, 0.25) is 0 Å². The van der Waals surface area contributed by atoms with E-state index in [9.17, 15) is 4.79 Å². The van der Waals surface area contributed by atoms with Gasteiger partial charge in [0.2, 0.25) is 0 Å². The molecule has 0 aromatic carbocycles. The van der Waals surface area contributed by atoms with E-state index in [1.165, 1.54) is 0 Å². The molecular weight excluding hydrogens is 170 g/mol. The molecule has 0 spiro atoms. The van der Waals surface area contributed by atoms with Gasteiger partial charge in [0.05, 0.1) is 6.61 Å². The van der Waals surface area contributed by atoms with Crippen molar-refractivity contribution in [3.8, 4) is 0 Å². The molecule has 78 valence electrons. The monoisotopic (exact) mass is 189 g/mol. The number of rotatable bonds is 6. The molecule has 0 saturated carbocycles. The minimum atomic E-state index is -0.253. The van der Waals surface area contributed by atoms with Crippen molar-refractivity contribution in [3.63, 3.8) is 0 Å². The fraction of sp³-hybridized carbons (Fsp3) is 0.889. The van der Waals surface area contributed by atoms with Crippen LogP contribution in [-0.4, -0.2) is 38.4 Å². The molecule has 0 radical (unpaired) electrons. The molecule has 1 unspecified atom stereocenters. The molecule has 0 rings (SSSR count). The van der Waals surface area contributed by atoms with Crippen LogP contribution >= 0.6 is 0 Å². The summed E-state index contributed by atoms with van der Waals surface area (Å²) in [6, 6.07) is 0.0295. The molecule has 13 heavy (non-hydrogen) atoms. The lowest BCUT2D eigenvalue weighted by atomic mass is 10.3. The molecule has 0 aliphatic rings.